The molecule has 10 heteroatoms. The lowest BCUT2D eigenvalue weighted by molar-refractivity contribution is -0.198. The van der Waals surface area contributed by atoms with Crippen molar-refractivity contribution < 1.29 is 49.0 Å². The van der Waals surface area contributed by atoms with E-state index >= 15 is 0 Å². The van der Waals surface area contributed by atoms with Crippen LogP contribution < -0.4 is 0 Å². The minimum absolute atomic E-state index is 0.953. The Kier molecular flexibility index (Phi) is 5.18. The average Bonchev–Trinajstić information content (AvgIpc) is 2.41. The molecule has 19 heavy (non-hydrogen) atoms. The van der Waals surface area contributed by atoms with Gasteiger partial charge in [-0.1, -0.05) is 0 Å². The molecule has 0 aromatic carbocycles. The number of cyclic esters (lactones) is 3. The van der Waals surface area contributed by atoms with E-state index in [0.717, 1.165) is 0 Å². The number of hydrogen-bond donors (Lipinski definition) is 4. The van der Waals surface area contributed by atoms with Crippen LogP contribution in [0.4, 0.5) is 0 Å². The third-order valence-corrected chi connectivity index (χ3v) is 2.12. The van der Waals surface area contributed by atoms with Crippen molar-refractivity contribution in [2.45, 2.75) is 24.6 Å². The second-order valence-electron chi connectivity index (χ2n) is 3.49. The zero-order valence-electron chi connectivity index (χ0n) is 9.46. The third-order valence-electron chi connectivity index (χ3n) is 2.12. The molecule has 1 aliphatic rings. The Balaban J connectivity index is 3.03. The van der Waals surface area contributed by atoms with Gasteiger partial charge in [-0.05, 0) is 0 Å². The topological polar surface area (TPSA) is 160 Å². The Hall–Kier alpha value is -1.75. The molecule has 1 heterocycles. The first-order valence-electron chi connectivity index (χ1n) is 5.10. The highest BCUT2D eigenvalue weighted by atomic mass is 16.7. The number of ether oxygens (including phenoxy) is 3. The first-order chi connectivity index (χ1) is 8.90. The average molecular weight is 280 g/mol. The molecule has 10 nitrogen and oxygen atoms in total. The minimum atomic E-state index is -2.40. The molecule has 0 aromatic heterocycles. The molecule has 1 fully saturated rings. The molecule has 1 aliphatic heterocycles. The highest BCUT2D eigenvalue weighted by Crippen LogP contribution is 2.11. The molecule has 4 N–H and O–H groups in total. The summed E-state index contributed by atoms with van der Waals surface area (Å²) in [4.78, 5) is 34.2. The lowest BCUT2D eigenvalue weighted by Gasteiger charge is -2.18. The Morgan fingerprint density at radius 2 is 1.26 bits per heavy atom. The zero-order valence-corrected chi connectivity index (χ0v) is 9.46. The summed E-state index contributed by atoms with van der Waals surface area (Å²) in [5.74, 6) is -4.08. The van der Waals surface area contributed by atoms with Crippen LogP contribution in [0.1, 0.15) is 0 Å². The van der Waals surface area contributed by atoms with Crippen LogP contribution in [-0.2, 0) is 28.6 Å². The van der Waals surface area contributed by atoms with E-state index in [9.17, 15) is 14.4 Å². The van der Waals surface area contributed by atoms with Gasteiger partial charge in [0.2, 0.25) is 24.6 Å². The smallest absolute Gasteiger partial charge is 0.353 e. The van der Waals surface area contributed by atoms with Crippen molar-refractivity contribution in [1.82, 2.24) is 0 Å². The fourth-order valence-electron chi connectivity index (χ4n) is 1.17. The summed E-state index contributed by atoms with van der Waals surface area (Å²) >= 11 is 0. The summed E-state index contributed by atoms with van der Waals surface area (Å²) in [5.41, 5.74) is 0. The molecule has 1 saturated heterocycles. The SMILES string of the molecule is O=C1OC(C(O)O)C(=O)OC(CO)C(=O)OC1CO. The van der Waals surface area contributed by atoms with Gasteiger partial charge in [0.05, 0.1) is 13.2 Å². The molecule has 3 unspecified atom stereocenters. The van der Waals surface area contributed by atoms with Gasteiger partial charge in [-0.15, -0.1) is 0 Å². The van der Waals surface area contributed by atoms with Crippen molar-refractivity contribution in [2.75, 3.05) is 13.2 Å². The van der Waals surface area contributed by atoms with Crippen LogP contribution in [0.25, 0.3) is 0 Å². The Morgan fingerprint density at radius 1 is 0.842 bits per heavy atom. The summed E-state index contributed by atoms with van der Waals surface area (Å²) in [6.45, 7) is -1.91. The van der Waals surface area contributed by atoms with Gasteiger partial charge in [0, 0.05) is 0 Å². The second kappa shape index (κ2) is 6.43. The first-order valence-corrected chi connectivity index (χ1v) is 5.10. The van der Waals surface area contributed by atoms with Gasteiger partial charge in [0.25, 0.3) is 0 Å². The highest BCUT2D eigenvalue weighted by Gasteiger charge is 2.40. The van der Waals surface area contributed by atoms with Gasteiger partial charge in [0.1, 0.15) is 0 Å². The van der Waals surface area contributed by atoms with Crippen molar-refractivity contribution in [2.24, 2.45) is 0 Å². The fraction of sp³-hybridized carbons (Fsp3) is 0.667. The van der Waals surface area contributed by atoms with Crippen molar-refractivity contribution in [3.8, 4) is 0 Å². The molecule has 0 aliphatic carbocycles. The predicted molar refractivity (Wildman–Crippen MR) is 52.0 cm³/mol. The summed E-state index contributed by atoms with van der Waals surface area (Å²) in [6, 6.07) is 0. The second-order valence-corrected chi connectivity index (χ2v) is 3.49. The maximum Gasteiger partial charge on any atom is 0.353 e. The van der Waals surface area contributed by atoms with Gasteiger partial charge in [-0.25, -0.2) is 14.4 Å². The van der Waals surface area contributed by atoms with Gasteiger partial charge in [-0.3, -0.25) is 0 Å². The zero-order chi connectivity index (χ0) is 14.6. The summed E-state index contributed by atoms with van der Waals surface area (Å²) in [5, 5.41) is 35.5. The van der Waals surface area contributed by atoms with Crippen molar-refractivity contribution in [3.63, 3.8) is 0 Å². The minimum Gasteiger partial charge on any atom is -0.445 e. The fourth-order valence-corrected chi connectivity index (χ4v) is 1.17. The van der Waals surface area contributed by atoms with Gasteiger partial charge in [0.15, 0.2) is 0 Å². The largest absolute Gasteiger partial charge is 0.445 e. The van der Waals surface area contributed by atoms with E-state index < -0.39 is 55.7 Å². The Bertz CT molecular complexity index is 362. The maximum absolute atomic E-state index is 11.4. The van der Waals surface area contributed by atoms with E-state index in [4.69, 9.17) is 20.4 Å². The lowest BCUT2D eigenvalue weighted by atomic mass is 10.3. The molecular formula is C9H12O10. The van der Waals surface area contributed by atoms with Crippen molar-refractivity contribution in [1.29, 1.82) is 0 Å². The van der Waals surface area contributed by atoms with Crippen LogP contribution in [0.3, 0.4) is 0 Å². The highest BCUT2D eigenvalue weighted by molar-refractivity contribution is 5.88. The summed E-state index contributed by atoms with van der Waals surface area (Å²) in [6.07, 6.45) is -8.05. The van der Waals surface area contributed by atoms with E-state index in [1.165, 1.54) is 0 Å². The number of carbonyl (C=O) groups excluding carboxylic acids is 3. The van der Waals surface area contributed by atoms with Gasteiger partial charge in [-0.2, -0.15) is 0 Å². The number of esters is 3. The maximum atomic E-state index is 11.4. The van der Waals surface area contributed by atoms with Crippen LogP contribution in [-0.4, -0.2) is 76.1 Å². The molecule has 0 amide bonds. The van der Waals surface area contributed by atoms with Crippen molar-refractivity contribution in [3.05, 3.63) is 0 Å². The Labute approximate surface area is 106 Å². The normalized spacial score (nSPS) is 28.9. The molecule has 108 valence electrons. The number of hydrogen-bond acceptors (Lipinski definition) is 10. The van der Waals surface area contributed by atoms with E-state index in [1.807, 2.05) is 0 Å². The van der Waals surface area contributed by atoms with Crippen LogP contribution in [0, 0.1) is 0 Å². The van der Waals surface area contributed by atoms with Crippen molar-refractivity contribution >= 4 is 17.9 Å². The molecule has 0 aromatic rings. The molecule has 0 saturated carbocycles. The predicted octanol–water partition coefficient (Wildman–Crippen LogP) is -3.97. The Morgan fingerprint density at radius 3 is 1.68 bits per heavy atom. The van der Waals surface area contributed by atoms with Gasteiger partial charge < -0.3 is 34.6 Å². The van der Waals surface area contributed by atoms with Crippen LogP contribution in [0.2, 0.25) is 0 Å². The number of rotatable bonds is 3. The molecule has 1 rings (SSSR count). The number of aliphatic hydroxyl groups excluding tert-OH is 3. The lowest BCUT2D eigenvalue weighted by Crippen LogP contribution is -2.42. The van der Waals surface area contributed by atoms with E-state index in [2.05, 4.69) is 14.2 Å². The summed E-state index contributed by atoms with van der Waals surface area (Å²) < 4.78 is 13.2. The third kappa shape index (κ3) is 3.61. The molecular weight excluding hydrogens is 268 g/mol. The molecule has 0 spiro atoms. The molecule has 3 atom stereocenters. The van der Waals surface area contributed by atoms with Crippen LogP contribution >= 0.6 is 0 Å². The molecule has 0 radical (unpaired) electrons. The number of aliphatic hydroxyl groups is 4. The van der Waals surface area contributed by atoms with Crippen LogP contribution in [0.15, 0.2) is 0 Å². The van der Waals surface area contributed by atoms with E-state index in [0.29, 0.717) is 0 Å². The monoisotopic (exact) mass is 280 g/mol. The summed E-state index contributed by atoms with van der Waals surface area (Å²) in [7, 11) is 0. The van der Waals surface area contributed by atoms with E-state index in [1.54, 1.807) is 0 Å². The van der Waals surface area contributed by atoms with E-state index in [-0.39, 0.29) is 0 Å². The quantitative estimate of drug-likeness (QED) is 0.228. The first kappa shape index (κ1) is 15.3. The van der Waals surface area contributed by atoms with Gasteiger partial charge >= 0.3 is 17.9 Å². The van der Waals surface area contributed by atoms with Crippen LogP contribution in [0.5, 0.6) is 0 Å². The standard InChI is InChI=1S/C9H12O10/c10-1-3-7(14)17-4(2-11)8(15)19-5(6(12)13)9(16)18-3/h3-6,10-13H,1-2H2. The molecule has 0 bridgehead atoms. The number of carbonyl (C=O) groups is 3.